The van der Waals surface area contributed by atoms with Gasteiger partial charge < -0.3 is 10.1 Å². The Morgan fingerprint density at radius 1 is 1.17 bits per heavy atom. The van der Waals surface area contributed by atoms with Gasteiger partial charge in [0.25, 0.3) is 5.91 Å². The lowest BCUT2D eigenvalue weighted by molar-refractivity contribution is -0.118. The van der Waals surface area contributed by atoms with Crippen LogP contribution in [0.2, 0.25) is 0 Å². The Labute approximate surface area is 181 Å². The number of benzene rings is 2. The first kappa shape index (κ1) is 20.5. The molecule has 1 N–H and O–H groups in total. The van der Waals surface area contributed by atoms with Crippen molar-refractivity contribution in [3.05, 3.63) is 70.4 Å². The van der Waals surface area contributed by atoms with Crippen LogP contribution in [-0.4, -0.2) is 22.3 Å². The average molecular weight is 422 g/mol. The minimum absolute atomic E-state index is 0.0407. The number of amides is 1. The van der Waals surface area contributed by atoms with Crippen molar-refractivity contribution in [1.82, 2.24) is 9.78 Å². The number of carbonyl (C=O) groups excluding carboxylic acids is 1. The minimum atomic E-state index is -0.187. The first-order valence-electron chi connectivity index (χ1n) is 10.2. The van der Waals surface area contributed by atoms with Crippen LogP contribution in [0, 0.1) is 13.8 Å². The van der Waals surface area contributed by atoms with Crippen LogP contribution in [0.1, 0.15) is 47.7 Å². The molecule has 3 aromatic rings. The maximum absolute atomic E-state index is 12.7. The second-order valence-electron chi connectivity index (χ2n) is 8.03. The van der Waals surface area contributed by atoms with E-state index in [2.05, 4.69) is 51.2 Å². The molecule has 2 heterocycles. The molecule has 0 aliphatic carbocycles. The highest BCUT2D eigenvalue weighted by molar-refractivity contribution is 7.98. The standard InChI is InChI=1S/C24H27N3O2S/c1-15(2)18-6-8-19(9-7-18)29-12-23(28)25-24-20-13-30-14-21(20)26-27(24)22-10-5-16(3)11-17(22)4/h5-11,15H,12-14H2,1-4H3,(H,25,28). The van der Waals surface area contributed by atoms with Crippen LogP contribution < -0.4 is 10.1 Å². The number of anilines is 1. The third-order valence-corrected chi connectivity index (χ3v) is 6.28. The van der Waals surface area contributed by atoms with Crippen molar-refractivity contribution in [3.63, 3.8) is 0 Å². The summed E-state index contributed by atoms with van der Waals surface area (Å²) in [6.07, 6.45) is 0. The lowest BCUT2D eigenvalue weighted by Gasteiger charge is -2.14. The SMILES string of the molecule is Cc1ccc(-n2nc3c(c2NC(=O)COc2ccc(C(C)C)cc2)CSC3)c(C)c1. The second kappa shape index (κ2) is 8.56. The Kier molecular flexibility index (Phi) is 5.86. The fourth-order valence-electron chi connectivity index (χ4n) is 3.62. The van der Waals surface area contributed by atoms with E-state index in [4.69, 9.17) is 9.84 Å². The minimum Gasteiger partial charge on any atom is -0.484 e. The zero-order chi connectivity index (χ0) is 21.3. The fraction of sp³-hybridized carbons (Fsp3) is 0.333. The molecule has 2 aromatic carbocycles. The number of hydrogen-bond donors (Lipinski definition) is 1. The zero-order valence-corrected chi connectivity index (χ0v) is 18.7. The number of aromatic nitrogens is 2. The maximum Gasteiger partial charge on any atom is 0.263 e. The summed E-state index contributed by atoms with van der Waals surface area (Å²) in [5.74, 6) is 3.45. The van der Waals surface area contributed by atoms with Crippen LogP contribution >= 0.6 is 11.8 Å². The van der Waals surface area contributed by atoms with Gasteiger partial charge in [-0.2, -0.15) is 16.9 Å². The molecule has 6 heteroatoms. The van der Waals surface area contributed by atoms with Gasteiger partial charge in [0, 0.05) is 17.1 Å². The van der Waals surface area contributed by atoms with Gasteiger partial charge in [-0.15, -0.1) is 0 Å². The quantitative estimate of drug-likeness (QED) is 0.581. The molecular formula is C24H27N3O2S. The normalized spacial score (nSPS) is 12.8. The molecule has 0 atom stereocenters. The van der Waals surface area contributed by atoms with Gasteiger partial charge in [-0.1, -0.05) is 43.7 Å². The van der Waals surface area contributed by atoms with E-state index in [1.165, 1.54) is 11.1 Å². The number of thioether (sulfide) groups is 1. The molecule has 1 amide bonds. The Hall–Kier alpha value is -2.73. The molecule has 30 heavy (non-hydrogen) atoms. The summed E-state index contributed by atoms with van der Waals surface area (Å²) in [5, 5.41) is 7.84. The molecule has 156 valence electrons. The highest BCUT2D eigenvalue weighted by atomic mass is 32.2. The monoisotopic (exact) mass is 421 g/mol. The lowest BCUT2D eigenvalue weighted by atomic mass is 10.0. The molecule has 4 rings (SSSR count). The summed E-state index contributed by atoms with van der Waals surface area (Å²) < 4.78 is 7.58. The van der Waals surface area contributed by atoms with Crippen molar-refractivity contribution >= 4 is 23.5 Å². The Morgan fingerprint density at radius 2 is 1.93 bits per heavy atom. The number of nitrogens with zero attached hydrogens (tertiary/aromatic N) is 2. The van der Waals surface area contributed by atoms with Gasteiger partial charge in [-0.3, -0.25) is 4.79 Å². The summed E-state index contributed by atoms with van der Waals surface area (Å²) >= 11 is 1.82. The van der Waals surface area contributed by atoms with E-state index in [9.17, 15) is 4.79 Å². The molecule has 0 saturated carbocycles. The zero-order valence-electron chi connectivity index (χ0n) is 17.9. The van der Waals surface area contributed by atoms with Crippen molar-refractivity contribution in [1.29, 1.82) is 0 Å². The van der Waals surface area contributed by atoms with Crippen LogP contribution in [0.5, 0.6) is 5.75 Å². The first-order chi connectivity index (χ1) is 14.4. The molecular weight excluding hydrogens is 394 g/mol. The summed E-state index contributed by atoms with van der Waals surface area (Å²) in [7, 11) is 0. The van der Waals surface area contributed by atoms with E-state index in [0.29, 0.717) is 11.7 Å². The summed E-state index contributed by atoms with van der Waals surface area (Å²) in [6.45, 7) is 8.41. The molecule has 1 aliphatic heterocycles. The van der Waals surface area contributed by atoms with E-state index in [-0.39, 0.29) is 12.5 Å². The molecule has 0 saturated heterocycles. The fourth-order valence-corrected chi connectivity index (χ4v) is 4.66. The molecule has 0 fully saturated rings. The van der Waals surface area contributed by atoms with E-state index in [1.54, 1.807) is 0 Å². The van der Waals surface area contributed by atoms with Crippen LogP contribution in [0.15, 0.2) is 42.5 Å². The van der Waals surface area contributed by atoms with Gasteiger partial charge >= 0.3 is 0 Å². The predicted octanol–water partition coefficient (Wildman–Crippen LogP) is 5.38. The van der Waals surface area contributed by atoms with E-state index < -0.39 is 0 Å². The van der Waals surface area contributed by atoms with Gasteiger partial charge in [0.1, 0.15) is 11.6 Å². The molecule has 1 aromatic heterocycles. The van der Waals surface area contributed by atoms with Crippen molar-refractivity contribution in [2.75, 3.05) is 11.9 Å². The average Bonchev–Trinajstić information content (AvgIpc) is 3.29. The topological polar surface area (TPSA) is 56.2 Å². The molecule has 0 unspecified atom stereocenters. The second-order valence-corrected chi connectivity index (χ2v) is 9.01. The van der Waals surface area contributed by atoms with E-state index in [0.717, 1.165) is 39.8 Å². The summed E-state index contributed by atoms with van der Waals surface area (Å²) in [6, 6.07) is 14.2. The number of ether oxygens (including phenoxy) is 1. The molecule has 0 bridgehead atoms. The Morgan fingerprint density at radius 3 is 2.63 bits per heavy atom. The van der Waals surface area contributed by atoms with Gasteiger partial charge in [-0.25, -0.2) is 4.68 Å². The lowest BCUT2D eigenvalue weighted by Crippen LogP contribution is -2.22. The molecule has 5 nitrogen and oxygen atoms in total. The number of fused-ring (bicyclic) bond motifs is 1. The maximum atomic E-state index is 12.7. The Bertz CT molecular complexity index is 1070. The van der Waals surface area contributed by atoms with Gasteiger partial charge in [0.2, 0.25) is 0 Å². The molecule has 0 radical (unpaired) electrons. The number of carbonyl (C=O) groups is 1. The predicted molar refractivity (Wildman–Crippen MR) is 123 cm³/mol. The van der Waals surface area contributed by atoms with Crippen molar-refractivity contribution in [2.24, 2.45) is 0 Å². The summed E-state index contributed by atoms with van der Waals surface area (Å²) in [4.78, 5) is 12.7. The number of hydrogen-bond acceptors (Lipinski definition) is 4. The van der Waals surface area contributed by atoms with Gasteiger partial charge in [0.15, 0.2) is 6.61 Å². The van der Waals surface area contributed by atoms with Crippen LogP contribution in [0.4, 0.5) is 5.82 Å². The Balaban J connectivity index is 1.52. The third-order valence-electron chi connectivity index (χ3n) is 5.31. The van der Waals surface area contributed by atoms with Crippen LogP contribution in [0.3, 0.4) is 0 Å². The van der Waals surface area contributed by atoms with Crippen LogP contribution in [-0.2, 0) is 16.3 Å². The van der Waals surface area contributed by atoms with E-state index >= 15 is 0 Å². The third kappa shape index (κ3) is 4.24. The van der Waals surface area contributed by atoms with Crippen molar-refractivity contribution < 1.29 is 9.53 Å². The summed E-state index contributed by atoms with van der Waals surface area (Å²) in [5.41, 5.74) is 6.71. The number of nitrogens with one attached hydrogen (secondary N) is 1. The van der Waals surface area contributed by atoms with Crippen LogP contribution in [0.25, 0.3) is 5.69 Å². The molecule has 0 spiro atoms. The number of aryl methyl sites for hydroxylation is 2. The van der Waals surface area contributed by atoms with E-state index in [1.807, 2.05) is 40.7 Å². The van der Waals surface area contributed by atoms with Gasteiger partial charge in [0.05, 0.1) is 11.4 Å². The number of rotatable bonds is 6. The van der Waals surface area contributed by atoms with Crippen molar-refractivity contribution in [2.45, 2.75) is 45.1 Å². The highest BCUT2D eigenvalue weighted by Gasteiger charge is 2.25. The smallest absolute Gasteiger partial charge is 0.263 e. The van der Waals surface area contributed by atoms with Gasteiger partial charge in [-0.05, 0) is 49.1 Å². The molecule has 1 aliphatic rings. The largest absolute Gasteiger partial charge is 0.484 e. The highest BCUT2D eigenvalue weighted by Crippen LogP contribution is 2.36. The van der Waals surface area contributed by atoms with Crippen molar-refractivity contribution in [3.8, 4) is 11.4 Å². The first-order valence-corrected chi connectivity index (χ1v) is 11.4.